The molecule has 3 aromatic carbocycles. The Bertz CT molecular complexity index is 1310. The molecular weight excluding hydrogens is 644 g/mol. The molecule has 33 heavy (non-hydrogen) atoms. The van der Waals surface area contributed by atoms with Gasteiger partial charge in [0, 0.05) is 8.04 Å². The fraction of sp³-hybridized carbons (Fsp3) is 0.0833. The lowest BCUT2D eigenvalue weighted by molar-refractivity contribution is -0.129. The van der Waals surface area contributed by atoms with Crippen molar-refractivity contribution in [2.24, 2.45) is 4.99 Å². The molecule has 0 saturated heterocycles. The van der Waals surface area contributed by atoms with Gasteiger partial charge in [0.2, 0.25) is 5.90 Å². The van der Waals surface area contributed by atoms with E-state index in [1.807, 2.05) is 30.3 Å². The van der Waals surface area contributed by atoms with E-state index in [-0.39, 0.29) is 11.6 Å². The van der Waals surface area contributed by atoms with Crippen LogP contribution in [0.15, 0.2) is 69.8 Å². The minimum absolute atomic E-state index is 0.126. The van der Waals surface area contributed by atoms with Gasteiger partial charge in [-0.05, 0) is 82.3 Å². The Morgan fingerprint density at radius 1 is 1.12 bits per heavy atom. The van der Waals surface area contributed by atoms with E-state index in [2.05, 4.69) is 43.5 Å². The van der Waals surface area contributed by atoms with Gasteiger partial charge in [-0.2, -0.15) is 0 Å². The van der Waals surface area contributed by atoms with Crippen molar-refractivity contribution in [3.05, 3.63) is 95.1 Å². The quantitative estimate of drug-likeness (QED) is 0.159. The van der Waals surface area contributed by atoms with E-state index in [9.17, 15) is 4.79 Å². The van der Waals surface area contributed by atoms with Crippen LogP contribution in [0, 0.1) is 3.57 Å². The zero-order chi connectivity index (χ0) is 23.5. The number of methoxy groups -OCH3 is 1. The molecule has 0 fully saturated rings. The number of carbonyl (C=O) groups is 1. The summed E-state index contributed by atoms with van der Waals surface area (Å²) in [6, 6.07) is 16.6. The predicted octanol–water partition coefficient (Wildman–Crippen LogP) is 7.29. The Balaban J connectivity index is 1.61. The highest BCUT2D eigenvalue weighted by Gasteiger charge is 2.26. The van der Waals surface area contributed by atoms with Crippen LogP contribution in [-0.4, -0.2) is 19.0 Å². The summed E-state index contributed by atoms with van der Waals surface area (Å²) < 4.78 is 18.6. The average molecular weight is 659 g/mol. The lowest BCUT2D eigenvalue weighted by Gasteiger charge is -2.13. The van der Waals surface area contributed by atoms with E-state index in [1.54, 1.807) is 30.3 Å². The highest BCUT2D eigenvalue weighted by atomic mass is 127. The molecule has 0 N–H and O–H groups in total. The van der Waals surface area contributed by atoms with Crippen LogP contribution in [0.3, 0.4) is 0 Å². The van der Waals surface area contributed by atoms with Crippen molar-refractivity contribution < 1.29 is 19.0 Å². The molecule has 0 atom stereocenters. The Labute approximate surface area is 222 Å². The van der Waals surface area contributed by atoms with Crippen molar-refractivity contribution in [1.29, 1.82) is 0 Å². The van der Waals surface area contributed by atoms with Crippen LogP contribution in [0.5, 0.6) is 11.5 Å². The Morgan fingerprint density at radius 3 is 2.70 bits per heavy atom. The third kappa shape index (κ3) is 5.71. The van der Waals surface area contributed by atoms with Crippen LogP contribution < -0.4 is 9.47 Å². The predicted molar refractivity (Wildman–Crippen MR) is 141 cm³/mol. The van der Waals surface area contributed by atoms with Crippen LogP contribution in [-0.2, 0) is 16.1 Å². The smallest absolute Gasteiger partial charge is 0.363 e. The molecule has 1 heterocycles. The first kappa shape index (κ1) is 24.1. The Hall–Kier alpha value is -2.07. The van der Waals surface area contributed by atoms with E-state index in [4.69, 9.17) is 37.4 Å². The molecule has 0 saturated carbocycles. The molecule has 1 aliphatic heterocycles. The molecule has 0 radical (unpaired) electrons. The van der Waals surface area contributed by atoms with Crippen LogP contribution in [0.25, 0.3) is 6.08 Å². The normalized spacial score (nSPS) is 14.3. The lowest BCUT2D eigenvalue weighted by atomic mass is 10.1. The number of halogens is 4. The summed E-state index contributed by atoms with van der Waals surface area (Å²) in [6.07, 6.45) is 1.57. The first-order valence-corrected chi connectivity index (χ1v) is 12.2. The van der Waals surface area contributed by atoms with Gasteiger partial charge < -0.3 is 14.2 Å². The number of esters is 1. The number of carbonyl (C=O) groups excluding carboxylic acids is 1. The standard InChI is InChI=1S/C24H15BrCl2INO4/c1-31-21-10-14(8-19(27)22(21)32-12-13-3-2-4-15(25)7-13)9-20-24(30)33-23(29-20)17-11-16(28)5-6-18(17)26/h2-11H,12H2,1H3. The molecule has 5 nitrogen and oxygen atoms in total. The number of benzene rings is 3. The molecule has 1 aliphatic rings. The first-order chi connectivity index (χ1) is 15.8. The van der Waals surface area contributed by atoms with Gasteiger partial charge >= 0.3 is 5.97 Å². The number of nitrogens with zero attached hydrogens (tertiary/aromatic N) is 1. The number of hydrogen-bond donors (Lipinski definition) is 0. The van der Waals surface area contributed by atoms with E-state index >= 15 is 0 Å². The van der Waals surface area contributed by atoms with Crippen molar-refractivity contribution in [2.45, 2.75) is 6.61 Å². The fourth-order valence-corrected chi connectivity index (χ4v) is 4.50. The van der Waals surface area contributed by atoms with Gasteiger partial charge in [0.25, 0.3) is 0 Å². The van der Waals surface area contributed by atoms with E-state index < -0.39 is 5.97 Å². The second-order valence-corrected chi connectivity index (χ2v) is 9.89. The summed E-state index contributed by atoms with van der Waals surface area (Å²) in [4.78, 5) is 16.7. The molecule has 9 heteroatoms. The fourth-order valence-electron chi connectivity index (χ4n) is 3.09. The Morgan fingerprint density at radius 2 is 1.94 bits per heavy atom. The van der Waals surface area contributed by atoms with Crippen LogP contribution in [0.4, 0.5) is 0 Å². The van der Waals surface area contributed by atoms with Crippen molar-refractivity contribution in [1.82, 2.24) is 0 Å². The maximum Gasteiger partial charge on any atom is 0.363 e. The minimum atomic E-state index is -0.579. The zero-order valence-electron chi connectivity index (χ0n) is 17.1. The van der Waals surface area contributed by atoms with E-state index in [0.29, 0.717) is 39.3 Å². The number of rotatable bonds is 6. The summed E-state index contributed by atoms with van der Waals surface area (Å²) in [5.41, 5.74) is 2.25. The van der Waals surface area contributed by atoms with Gasteiger partial charge in [0.1, 0.15) is 6.61 Å². The molecule has 0 aliphatic carbocycles. The molecule has 168 valence electrons. The van der Waals surface area contributed by atoms with Crippen molar-refractivity contribution in [2.75, 3.05) is 7.11 Å². The molecule has 0 spiro atoms. The molecule has 4 rings (SSSR count). The third-order valence-corrected chi connectivity index (χ3v) is 6.38. The topological polar surface area (TPSA) is 57.1 Å². The molecule has 0 amide bonds. The molecular formula is C24H15BrCl2INO4. The Kier molecular flexibility index (Phi) is 7.63. The van der Waals surface area contributed by atoms with Gasteiger partial charge in [-0.3, -0.25) is 0 Å². The monoisotopic (exact) mass is 657 g/mol. The van der Waals surface area contributed by atoms with Crippen LogP contribution in [0.2, 0.25) is 10.0 Å². The van der Waals surface area contributed by atoms with Gasteiger partial charge in [-0.15, -0.1) is 0 Å². The number of ether oxygens (including phenoxy) is 3. The SMILES string of the molecule is COc1cc(C=C2N=C(c3cc(I)ccc3Cl)OC2=O)cc(Cl)c1OCc1cccc(Br)c1. The number of cyclic esters (lactones) is 1. The highest BCUT2D eigenvalue weighted by Crippen LogP contribution is 2.38. The summed E-state index contributed by atoms with van der Waals surface area (Å²) in [7, 11) is 1.52. The molecule has 0 unspecified atom stereocenters. The largest absolute Gasteiger partial charge is 0.493 e. The van der Waals surface area contributed by atoms with E-state index in [0.717, 1.165) is 13.6 Å². The summed E-state index contributed by atoms with van der Waals surface area (Å²) in [5, 5.41) is 0.785. The maximum absolute atomic E-state index is 12.4. The zero-order valence-corrected chi connectivity index (χ0v) is 22.3. The van der Waals surface area contributed by atoms with Gasteiger partial charge in [0.15, 0.2) is 17.2 Å². The number of hydrogen-bond acceptors (Lipinski definition) is 5. The maximum atomic E-state index is 12.4. The lowest BCUT2D eigenvalue weighted by Crippen LogP contribution is -2.06. The van der Waals surface area contributed by atoms with Crippen molar-refractivity contribution in [3.63, 3.8) is 0 Å². The second kappa shape index (κ2) is 10.5. The van der Waals surface area contributed by atoms with Gasteiger partial charge in [0.05, 0.1) is 22.7 Å². The summed E-state index contributed by atoms with van der Waals surface area (Å²) >= 11 is 18.3. The molecule has 3 aromatic rings. The summed E-state index contributed by atoms with van der Waals surface area (Å²) in [6.45, 7) is 0.312. The average Bonchev–Trinajstić information content (AvgIpc) is 3.14. The molecule has 0 aromatic heterocycles. The van der Waals surface area contributed by atoms with Gasteiger partial charge in [-0.25, -0.2) is 9.79 Å². The van der Waals surface area contributed by atoms with E-state index in [1.165, 1.54) is 7.11 Å². The van der Waals surface area contributed by atoms with Crippen molar-refractivity contribution >= 4 is 79.7 Å². The van der Waals surface area contributed by atoms with Crippen molar-refractivity contribution in [3.8, 4) is 11.5 Å². The number of aliphatic imine (C=N–C) groups is 1. The second-order valence-electron chi connectivity index (χ2n) is 6.91. The van der Waals surface area contributed by atoms with Gasteiger partial charge in [-0.1, -0.05) is 51.3 Å². The highest BCUT2D eigenvalue weighted by molar-refractivity contribution is 14.1. The third-order valence-electron chi connectivity index (χ3n) is 4.61. The first-order valence-electron chi connectivity index (χ1n) is 9.57. The molecule has 0 bridgehead atoms. The van der Waals surface area contributed by atoms with Crippen LogP contribution in [0.1, 0.15) is 16.7 Å². The summed E-state index contributed by atoms with van der Waals surface area (Å²) in [5.74, 6) is 0.414. The van der Waals surface area contributed by atoms with Crippen LogP contribution >= 0.6 is 61.7 Å². The minimum Gasteiger partial charge on any atom is -0.493 e.